The van der Waals surface area contributed by atoms with Gasteiger partial charge in [0.05, 0.1) is 12.4 Å². The number of carbonyl (C=O) groups is 1. The van der Waals surface area contributed by atoms with Crippen LogP contribution in [0.4, 0.5) is 0 Å². The Morgan fingerprint density at radius 3 is 3.06 bits per heavy atom. The van der Waals surface area contributed by atoms with E-state index in [-0.39, 0.29) is 0 Å². The van der Waals surface area contributed by atoms with Crippen molar-refractivity contribution in [1.82, 2.24) is 0 Å². The number of nitrogens with two attached hydrogens (primary N) is 1. The van der Waals surface area contributed by atoms with E-state index in [9.17, 15) is 4.79 Å². The molecule has 0 saturated carbocycles. The zero-order valence-corrected chi connectivity index (χ0v) is 9.63. The summed E-state index contributed by atoms with van der Waals surface area (Å²) >= 11 is 1.63. The largest absolute Gasteiger partial charge is 0.493 e. The molecule has 2 N–H and O–H groups in total. The minimum absolute atomic E-state index is 0.452. The standard InChI is InChI=1S/C12H13NO2S/c1-2-7-16-8-6-15-11-5-3-4-10(9-11)12(13)14/h1,3-5,9H,6-8H2,(H2,13,14). The van der Waals surface area contributed by atoms with Crippen LogP contribution in [0.1, 0.15) is 10.4 Å². The fourth-order valence-electron chi connectivity index (χ4n) is 1.09. The van der Waals surface area contributed by atoms with E-state index in [2.05, 4.69) is 5.92 Å². The van der Waals surface area contributed by atoms with Crippen LogP contribution in [0.5, 0.6) is 5.75 Å². The van der Waals surface area contributed by atoms with Crippen molar-refractivity contribution in [3.8, 4) is 18.1 Å². The number of carbonyl (C=O) groups excluding carboxylic acids is 1. The second-order valence-corrected chi connectivity index (χ2v) is 4.10. The Kier molecular flexibility index (Phi) is 5.30. The molecule has 4 heteroatoms. The molecule has 84 valence electrons. The lowest BCUT2D eigenvalue weighted by molar-refractivity contribution is 0.1000. The summed E-state index contributed by atoms with van der Waals surface area (Å²) in [4.78, 5) is 10.9. The van der Waals surface area contributed by atoms with Crippen LogP contribution in [0.15, 0.2) is 24.3 Å². The first-order chi connectivity index (χ1) is 7.74. The molecule has 0 unspecified atom stereocenters. The van der Waals surface area contributed by atoms with Crippen LogP contribution in [0, 0.1) is 12.3 Å². The summed E-state index contributed by atoms with van der Waals surface area (Å²) in [5.41, 5.74) is 5.61. The van der Waals surface area contributed by atoms with Crippen molar-refractivity contribution in [3.63, 3.8) is 0 Å². The van der Waals surface area contributed by atoms with Crippen LogP contribution in [0.25, 0.3) is 0 Å². The third-order valence-electron chi connectivity index (χ3n) is 1.80. The molecule has 0 spiro atoms. The van der Waals surface area contributed by atoms with Crippen LogP contribution in [0.3, 0.4) is 0 Å². The van der Waals surface area contributed by atoms with Gasteiger partial charge >= 0.3 is 0 Å². The van der Waals surface area contributed by atoms with Crippen molar-refractivity contribution in [3.05, 3.63) is 29.8 Å². The predicted octanol–water partition coefficient (Wildman–Crippen LogP) is 1.53. The van der Waals surface area contributed by atoms with Gasteiger partial charge in [0.1, 0.15) is 5.75 Å². The Morgan fingerprint density at radius 2 is 2.38 bits per heavy atom. The maximum absolute atomic E-state index is 10.9. The summed E-state index contributed by atoms with van der Waals surface area (Å²) in [6, 6.07) is 6.82. The van der Waals surface area contributed by atoms with Crippen molar-refractivity contribution < 1.29 is 9.53 Å². The highest BCUT2D eigenvalue weighted by Gasteiger charge is 2.01. The van der Waals surface area contributed by atoms with Crippen LogP contribution < -0.4 is 10.5 Å². The lowest BCUT2D eigenvalue weighted by Gasteiger charge is -2.05. The smallest absolute Gasteiger partial charge is 0.248 e. The van der Waals surface area contributed by atoms with Crippen molar-refractivity contribution in [2.75, 3.05) is 18.1 Å². The van der Waals surface area contributed by atoms with Crippen molar-refractivity contribution in [1.29, 1.82) is 0 Å². The molecule has 1 rings (SSSR count). The molecule has 0 fully saturated rings. The fourth-order valence-corrected chi connectivity index (χ4v) is 1.55. The Bertz CT molecular complexity index is 398. The summed E-state index contributed by atoms with van der Waals surface area (Å²) in [6.07, 6.45) is 5.11. The van der Waals surface area contributed by atoms with E-state index >= 15 is 0 Å². The van der Waals surface area contributed by atoms with Crippen molar-refractivity contribution in [2.45, 2.75) is 0 Å². The fraction of sp³-hybridized carbons (Fsp3) is 0.250. The lowest BCUT2D eigenvalue weighted by Crippen LogP contribution is -2.11. The summed E-state index contributed by atoms with van der Waals surface area (Å²) in [7, 11) is 0. The highest BCUT2D eigenvalue weighted by Crippen LogP contribution is 2.13. The molecule has 0 bridgehead atoms. The number of thioether (sulfide) groups is 1. The molecule has 1 aromatic rings. The van der Waals surface area contributed by atoms with Crippen LogP contribution in [-0.2, 0) is 0 Å². The maximum atomic E-state index is 10.9. The molecule has 1 aromatic carbocycles. The Morgan fingerprint density at radius 1 is 1.56 bits per heavy atom. The van der Waals surface area contributed by atoms with Gasteiger partial charge in [0, 0.05) is 11.3 Å². The van der Waals surface area contributed by atoms with Gasteiger partial charge in [0.15, 0.2) is 0 Å². The summed E-state index contributed by atoms with van der Waals surface area (Å²) in [6.45, 7) is 0.564. The van der Waals surface area contributed by atoms with Gasteiger partial charge in [-0.05, 0) is 18.2 Å². The molecule has 0 aliphatic carbocycles. The number of hydrogen-bond acceptors (Lipinski definition) is 3. The molecule has 0 saturated heterocycles. The Labute approximate surface area is 99.4 Å². The molecule has 0 atom stereocenters. The van der Waals surface area contributed by atoms with Gasteiger partial charge in [-0.25, -0.2) is 0 Å². The number of terminal acetylenes is 1. The van der Waals surface area contributed by atoms with Crippen LogP contribution >= 0.6 is 11.8 Å². The molecule has 0 aromatic heterocycles. The summed E-state index contributed by atoms with van der Waals surface area (Å²) < 4.78 is 5.45. The summed E-state index contributed by atoms with van der Waals surface area (Å²) in [5, 5.41) is 0. The van der Waals surface area contributed by atoms with Gasteiger partial charge in [0.25, 0.3) is 0 Å². The number of amides is 1. The second-order valence-electron chi connectivity index (χ2n) is 3.00. The minimum Gasteiger partial charge on any atom is -0.493 e. The van der Waals surface area contributed by atoms with Crippen molar-refractivity contribution in [2.24, 2.45) is 5.73 Å². The van der Waals surface area contributed by atoms with E-state index in [1.54, 1.807) is 36.0 Å². The number of rotatable bonds is 6. The number of benzene rings is 1. The highest BCUT2D eigenvalue weighted by molar-refractivity contribution is 7.99. The van der Waals surface area contributed by atoms with Gasteiger partial charge in [-0.3, -0.25) is 4.79 Å². The first-order valence-electron chi connectivity index (χ1n) is 4.78. The quantitative estimate of drug-likeness (QED) is 0.601. The maximum Gasteiger partial charge on any atom is 0.248 e. The number of primary amides is 1. The van der Waals surface area contributed by atoms with Crippen LogP contribution in [0.2, 0.25) is 0 Å². The molecule has 0 aliphatic rings. The number of hydrogen-bond donors (Lipinski definition) is 1. The molecular formula is C12H13NO2S. The van der Waals surface area contributed by atoms with Gasteiger partial charge in [-0.2, -0.15) is 0 Å². The third kappa shape index (κ3) is 4.28. The topological polar surface area (TPSA) is 52.3 Å². The zero-order valence-electron chi connectivity index (χ0n) is 8.81. The predicted molar refractivity (Wildman–Crippen MR) is 66.6 cm³/mol. The Balaban J connectivity index is 2.39. The van der Waals surface area contributed by atoms with Crippen LogP contribution in [-0.4, -0.2) is 24.0 Å². The van der Waals surface area contributed by atoms with Gasteiger partial charge in [-0.1, -0.05) is 12.0 Å². The minimum atomic E-state index is -0.452. The molecular weight excluding hydrogens is 222 g/mol. The van der Waals surface area contributed by atoms with E-state index in [1.807, 2.05) is 0 Å². The first kappa shape index (κ1) is 12.5. The normalized spacial score (nSPS) is 9.44. The first-order valence-corrected chi connectivity index (χ1v) is 5.93. The second kappa shape index (κ2) is 6.81. The van der Waals surface area contributed by atoms with E-state index in [4.69, 9.17) is 16.9 Å². The van der Waals surface area contributed by atoms with E-state index in [1.165, 1.54) is 0 Å². The molecule has 0 aliphatic heterocycles. The molecule has 0 radical (unpaired) electrons. The average molecular weight is 235 g/mol. The Hall–Kier alpha value is -1.60. The molecule has 0 heterocycles. The highest BCUT2D eigenvalue weighted by atomic mass is 32.2. The summed E-state index contributed by atoms with van der Waals surface area (Å²) in [5.74, 6) is 4.25. The van der Waals surface area contributed by atoms with Gasteiger partial charge in [0.2, 0.25) is 5.91 Å². The molecule has 16 heavy (non-hydrogen) atoms. The lowest BCUT2D eigenvalue weighted by atomic mass is 10.2. The number of ether oxygens (including phenoxy) is 1. The van der Waals surface area contributed by atoms with E-state index < -0.39 is 5.91 Å². The molecule has 3 nitrogen and oxygen atoms in total. The van der Waals surface area contributed by atoms with Gasteiger partial charge < -0.3 is 10.5 Å². The monoisotopic (exact) mass is 235 g/mol. The van der Waals surface area contributed by atoms with Gasteiger partial charge in [-0.15, -0.1) is 18.2 Å². The SMILES string of the molecule is C#CCSCCOc1cccc(C(N)=O)c1. The third-order valence-corrected chi connectivity index (χ3v) is 2.63. The van der Waals surface area contributed by atoms with Crippen molar-refractivity contribution >= 4 is 17.7 Å². The van der Waals surface area contributed by atoms with E-state index in [0.29, 0.717) is 23.7 Å². The molecule has 1 amide bonds. The van der Waals surface area contributed by atoms with E-state index in [0.717, 1.165) is 5.75 Å². The zero-order chi connectivity index (χ0) is 11.8. The average Bonchev–Trinajstić information content (AvgIpc) is 2.29.